The highest BCUT2D eigenvalue weighted by atomic mass is 16.5. The lowest BCUT2D eigenvalue weighted by Crippen LogP contribution is -2.51. The van der Waals surface area contributed by atoms with Gasteiger partial charge in [0.2, 0.25) is 0 Å². The molecule has 0 N–H and O–H groups in total. The Hall–Kier alpha value is -0.670. The fourth-order valence-electron chi connectivity index (χ4n) is 1.09. The Balaban J connectivity index is 2.04. The summed E-state index contributed by atoms with van der Waals surface area (Å²) in [5, 5.41) is 0. The van der Waals surface area contributed by atoms with Crippen molar-refractivity contribution in [3.05, 3.63) is 12.2 Å². The van der Waals surface area contributed by atoms with Crippen LogP contribution in [0.4, 0.5) is 0 Å². The van der Waals surface area contributed by atoms with E-state index in [2.05, 4.69) is 4.90 Å². The van der Waals surface area contributed by atoms with Gasteiger partial charge in [-0.25, -0.2) is 0 Å². The SMILES string of the molecule is COC1CN(C/C=C/C=O)C1. The molecule has 0 bridgehead atoms. The van der Waals surface area contributed by atoms with Crippen LogP contribution in [0.3, 0.4) is 0 Å². The van der Waals surface area contributed by atoms with E-state index in [0.29, 0.717) is 6.10 Å². The monoisotopic (exact) mass is 155 g/mol. The zero-order valence-corrected chi connectivity index (χ0v) is 6.69. The Bertz CT molecular complexity index is 150. The molecule has 1 rings (SSSR count). The smallest absolute Gasteiger partial charge is 0.142 e. The average molecular weight is 155 g/mol. The van der Waals surface area contributed by atoms with Gasteiger partial charge >= 0.3 is 0 Å². The molecule has 1 saturated heterocycles. The molecule has 0 unspecified atom stereocenters. The van der Waals surface area contributed by atoms with E-state index in [1.165, 1.54) is 6.08 Å². The van der Waals surface area contributed by atoms with E-state index < -0.39 is 0 Å². The second-order valence-corrected chi connectivity index (χ2v) is 2.64. The fraction of sp³-hybridized carbons (Fsp3) is 0.625. The molecule has 1 heterocycles. The minimum atomic E-state index is 0.402. The molecule has 0 spiro atoms. The van der Waals surface area contributed by atoms with Crippen molar-refractivity contribution in [2.45, 2.75) is 6.10 Å². The van der Waals surface area contributed by atoms with Crippen molar-refractivity contribution in [2.75, 3.05) is 26.7 Å². The van der Waals surface area contributed by atoms with Gasteiger partial charge in [-0.3, -0.25) is 9.69 Å². The lowest BCUT2D eigenvalue weighted by molar-refractivity contribution is -0.104. The highest BCUT2D eigenvalue weighted by molar-refractivity contribution is 5.64. The van der Waals surface area contributed by atoms with Crippen LogP contribution in [0.25, 0.3) is 0 Å². The van der Waals surface area contributed by atoms with Gasteiger partial charge in [-0.1, -0.05) is 6.08 Å². The fourth-order valence-corrected chi connectivity index (χ4v) is 1.09. The predicted molar refractivity (Wildman–Crippen MR) is 42.4 cm³/mol. The number of carbonyl (C=O) groups excluding carboxylic acids is 1. The molecule has 0 saturated carbocycles. The third kappa shape index (κ3) is 2.44. The Morgan fingerprint density at radius 1 is 1.64 bits per heavy atom. The van der Waals surface area contributed by atoms with Crippen LogP contribution in [0, 0.1) is 0 Å². The molecule has 62 valence electrons. The Kier molecular flexibility index (Phi) is 3.26. The summed E-state index contributed by atoms with van der Waals surface area (Å²) in [6.07, 6.45) is 4.59. The van der Waals surface area contributed by atoms with Crippen LogP contribution in [0.2, 0.25) is 0 Å². The van der Waals surface area contributed by atoms with Gasteiger partial charge in [-0.05, 0) is 6.08 Å². The van der Waals surface area contributed by atoms with E-state index >= 15 is 0 Å². The molecule has 1 fully saturated rings. The maximum atomic E-state index is 9.88. The molecule has 0 aromatic heterocycles. The summed E-state index contributed by atoms with van der Waals surface area (Å²) < 4.78 is 5.09. The summed E-state index contributed by atoms with van der Waals surface area (Å²) in [4.78, 5) is 12.1. The van der Waals surface area contributed by atoms with Crippen molar-refractivity contribution in [1.82, 2.24) is 4.90 Å². The van der Waals surface area contributed by atoms with Gasteiger partial charge in [-0.15, -0.1) is 0 Å². The van der Waals surface area contributed by atoms with Crippen molar-refractivity contribution in [2.24, 2.45) is 0 Å². The van der Waals surface area contributed by atoms with Gasteiger partial charge < -0.3 is 4.74 Å². The van der Waals surface area contributed by atoms with Crippen LogP contribution in [0.1, 0.15) is 0 Å². The third-order valence-electron chi connectivity index (χ3n) is 1.84. The van der Waals surface area contributed by atoms with Gasteiger partial charge in [0.25, 0.3) is 0 Å². The standard InChI is InChI=1S/C8H13NO2/c1-11-8-6-9(7-8)4-2-3-5-10/h2-3,5,8H,4,6-7H2,1H3/b3-2+. The minimum Gasteiger partial charge on any atom is -0.379 e. The largest absolute Gasteiger partial charge is 0.379 e. The predicted octanol–water partition coefficient (Wildman–Crippen LogP) is 0.0721. The number of nitrogens with zero attached hydrogens (tertiary/aromatic N) is 1. The van der Waals surface area contributed by atoms with E-state index in [1.807, 2.05) is 6.08 Å². The second kappa shape index (κ2) is 4.26. The number of likely N-dealkylation sites (tertiary alicyclic amines) is 1. The van der Waals surface area contributed by atoms with Crippen LogP contribution in [0.15, 0.2) is 12.2 Å². The Labute approximate surface area is 66.6 Å². The molecule has 0 radical (unpaired) electrons. The molecule has 1 aliphatic rings. The first kappa shape index (κ1) is 8.43. The third-order valence-corrected chi connectivity index (χ3v) is 1.84. The average Bonchev–Trinajstić information content (AvgIpc) is 1.94. The number of hydrogen-bond acceptors (Lipinski definition) is 3. The van der Waals surface area contributed by atoms with E-state index in [1.54, 1.807) is 7.11 Å². The van der Waals surface area contributed by atoms with Crippen LogP contribution in [-0.4, -0.2) is 44.0 Å². The number of rotatable bonds is 4. The maximum Gasteiger partial charge on any atom is 0.142 e. The zero-order valence-electron chi connectivity index (χ0n) is 6.69. The first-order valence-electron chi connectivity index (χ1n) is 3.72. The van der Waals surface area contributed by atoms with E-state index in [4.69, 9.17) is 4.74 Å². The van der Waals surface area contributed by atoms with Crippen molar-refractivity contribution < 1.29 is 9.53 Å². The summed E-state index contributed by atoms with van der Waals surface area (Å²) in [5.74, 6) is 0. The first-order valence-corrected chi connectivity index (χ1v) is 3.72. The van der Waals surface area contributed by atoms with Crippen molar-refractivity contribution in [3.8, 4) is 0 Å². The Morgan fingerprint density at radius 3 is 2.91 bits per heavy atom. The molecule has 0 atom stereocenters. The molecule has 1 aliphatic heterocycles. The number of ether oxygens (including phenoxy) is 1. The summed E-state index contributed by atoms with van der Waals surface area (Å²) in [7, 11) is 1.73. The van der Waals surface area contributed by atoms with Gasteiger partial charge in [0.15, 0.2) is 0 Å². The van der Waals surface area contributed by atoms with Gasteiger partial charge in [0.05, 0.1) is 6.10 Å². The van der Waals surface area contributed by atoms with Gasteiger partial charge in [0.1, 0.15) is 6.29 Å². The summed E-state index contributed by atoms with van der Waals surface area (Å²) in [6.45, 7) is 2.83. The van der Waals surface area contributed by atoms with Crippen molar-refractivity contribution in [1.29, 1.82) is 0 Å². The van der Waals surface area contributed by atoms with Crippen LogP contribution >= 0.6 is 0 Å². The van der Waals surface area contributed by atoms with E-state index in [9.17, 15) is 4.79 Å². The van der Waals surface area contributed by atoms with Gasteiger partial charge in [0, 0.05) is 26.7 Å². The molecule has 3 nitrogen and oxygen atoms in total. The minimum absolute atomic E-state index is 0.402. The molecule has 0 amide bonds. The summed E-state index contributed by atoms with van der Waals surface area (Å²) in [6, 6.07) is 0. The molecular weight excluding hydrogens is 142 g/mol. The lowest BCUT2D eigenvalue weighted by atomic mass is 10.2. The molecular formula is C8H13NO2. The first-order chi connectivity index (χ1) is 5.36. The quantitative estimate of drug-likeness (QED) is 0.425. The number of methoxy groups -OCH3 is 1. The van der Waals surface area contributed by atoms with Crippen molar-refractivity contribution >= 4 is 6.29 Å². The van der Waals surface area contributed by atoms with Gasteiger partial charge in [-0.2, -0.15) is 0 Å². The molecule has 3 heteroatoms. The summed E-state index contributed by atoms with van der Waals surface area (Å²) in [5.41, 5.74) is 0. The Morgan fingerprint density at radius 2 is 2.36 bits per heavy atom. The normalized spacial score (nSPS) is 20.5. The molecule has 0 aromatic carbocycles. The highest BCUT2D eigenvalue weighted by Gasteiger charge is 2.24. The van der Waals surface area contributed by atoms with Crippen LogP contribution < -0.4 is 0 Å². The zero-order chi connectivity index (χ0) is 8.10. The summed E-state index contributed by atoms with van der Waals surface area (Å²) >= 11 is 0. The van der Waals surface area contributed by atoms with E-state index in [-0.39, 0.29) is 0 Å². The number of hydrogen-bond donors (Lipinski definition) is 0. The number of aldehydes is 1. The molecule has 0 aliphatic carbocycles. The molecule has 11 heavy (non-hydrogen) atoms. The number of carbonyl (C=O) groups is 1. The topological polar surface area (TPSA) is 29.5 Å². The number of allylic oxidation sites excluding steroid dienone is 1. The second-order valence-electron chi connectivity index (χ2n) is 2.64. The van der Waals surface area contributed by atoms with Crippen molar-refractivity contribution in [3.63, 3.8) is 0 Å². The van der Waals surface area contributed by atoms with E-state index in [0.717, 1.165) is 25.9 Å². The highest BCUT2D eigenvalue weighted by Crippen LogP contribution is 2.09. The molecule has 0 aromatic rings. The maximum absolute atomic E-state index is 9.88. The van der Waals surface area contributed by atoms with Crippen LogP contribution in [-0.2, 0) is 9.53 Å². The van der Waals surface area contributed by atoms with Crippen LogP contribution in [0.5, 0.6) is 0 Å². The lowest BCUT2D eigenvalue weighted by Gasteiger charge is -2.37.